The van der Waals surface area contributed by atoms with Gasteiger partial charge in [-0.1, -0.05) is 0 Å². The quantitative estimate of drug-likeness (QED) is 0.849. The van der Waals surface area contributed by atoms with Gasteiger partial charge in [-0.3, -0.25) is 0 Å². The number of sulfonamides is 1. The van der Waals surface area contributed by atoms with Crippen molar-refractivity contribution >= 4 is 32.7 Å². The molecule has 0 atom stereocenters. The van der Waals surface area contributed by atoms with Gasteiger partial charge in [0.05, 0.1) is 17.2 Å². The minimum atomic E-state index is -3.50. The molecule has 0 aliphatic rings. The Morgan fingerprint density at radius 1 is 1.20 bits per heavy atom. The lowest BCUT2D eigenvalue weighted by Crippen LogP contribution is -2.25. The second-order valence-corrected chi connectivity index (χ2v) is 8.11. The number of aryl methyl sites for hydroxylation is 2. The summed E-state index contributed by atoms with van der Waals surface area (Å²) in [5.74, 6) is 0. The van der Waals surface area contributed by atoms with Crippen LogP contribution in [-0.4, -0.2) is 20.4 Å². The largest absolute Gasteiger partial charge is 0.315 e. The number of thiazole rings is 1. The Bertz CT molecular complexity index is 689. The Balaban J connectivity index is 2.20. The van der Waals surface area contributed by atoms with Gasteiger partial charge >= 0.3 is 0 Å². The van der Waals surface area contributed by atoms with Crippen molar-refractivity contribution in [3.63, 3.8) is 0 Å². The molecule has 2 rings (SSSR count). The van der Waals surface area contributed by atoms with Crippen LogP contribution in [0.3, 0.4) is 0 Å². The smallest absolute Gasteiger partial charge is 0.242 e. The Morgan fingerprint density at radius 3 is 2.55 bits per heavy atom. The molecule has 0 saturated carbocycles. The fourth-order valence-corrected chi connectivity index (χ4v) is 5.29. The maximum absolute atomic E-state index is 12.4. The highest BCUT2D eigenvalue weighted by atomic mass is 32.2. The summed E-state index contributed by atoms with van der Waals surface area (Å²) >= 11 is 2.97. The van der Waals surface area contributed by atoms with Gasteiger partial charge in [0.1, 0.15) is 4.90 Å². The van der Waals surface area contributed by atoms with Crippen LogP contribution in [0.1, 0.15) is 21.1 Å². The van der Waals surface area contributed by atoms with Crippen molar-refractivity contribution in [1.82, 2.24) is 15.0 Å². The molecule has 5 nitrogen and oxygen atoms in total. The van der Waals surface area contributed by atoms with E-state index in [0.717, 1.165) is 21.1 Å². The zero-order valence-corrected chi connectivity index (χ0v) is 14.0. The van der Waals surface area contributed by atoms with Gasteiger partial charge in [0, 0.05) is 16.8 Å². The van der Waals surface area contributed by atoms with Crippen molar-refractivity contribution < 1.29 is 8.42 Å². The Hall–Kier alpha value is -0.800. The molecule has 0 aromatic carbocycles. The number of nitrogens with one attached hydrogen (secondary N) is 2. The summed E-state index contributed by atoms with van der Waals surface area (Å²) < 4.78 is 27.5. The van der Waals surface area contributed by atoms with Gasteiger partial charge in [-0.25, -0.2) is 18.1 Å². The predicted molar refractivity (Wildman–Crippen MR) is 82.7 cm³/mol. The van der Waals surface area contributed by atoms with Gasteiger partial charge in [0.25, 0.3) is 0 Å². The zero-order valence-electron chi connectivity index (χ0n) is 11.6. The molecule has 0 bridgehead atoms. The van der Waals surface area contributed by atoms with E-state index < -0.39 is 10.0 Å². The molecule has 0 radical (unpaired) electrons. The van der Waals surface area contributed by atoms with Crippen LogP contribution in [0.2, 0.25) is 0 Å². The topological polar surface area (TPSA) is 71.1 Å². The van der Waals surface area contributed by atoms with Crippen LogP contribution in [0.5, 0.6) is 0 Å². The van der Waals surface area contributed by atoms with Crippen molar-refractivity contribution in [2.75, 3.05) is 7.05 Å². The molecule has 0 fully saturated rings. The van der Waals surface area contributed by atoms with Crippen LogP contribution in [-0.2, 0) is 23.1 Å². The molecule has 0 aliphatic carbocycles. The van der Waals surface area contributed by atoms with Crippen LogP contribution in [0.4, 0.5) is 0 Å². The van der Waals surface area contributed by atoms with Gasteiger partial charge in [-0.15, -0.1) is 22.7 Å². The summed E-state index contributed by atoms with van der Waals surface area (Å²) in [6.45, 7) is 4.49. The number of aromatic nitrogens is 1. The Morgan fingerprint density at radius 2 is 1.95 bits per heavy atom. The van der Waals surface area contributed by atoms with Crippen LogP contribution in [0.25, 0.3) is 0 Å². The molecular formula is C12H17N3O2S3. The SMILES string of the molecule is CNCc1scc(C)c1S(=O)(=O)NCc1csc(C)n1. The lowest BCUT2D eigenvalue weighted by molar-refractivity contribution is 0.579. The fraction of sp³-hybridized carbons (Fsp3) is 0.417. The van der Waals surface area contributed by atoms with E-state index in [0.29, 0.717) is 11.4 Å². The summed E-state index contributed by atoms with van der Waals surface area (Å²) in [7, 11) is -1.70. The number of nitrogens with zero attached hydrogens (tertiary/aromatic N) is 1. The fourth-order valence-electron chi connectivity index (χ4n) is 1.86. The maximum Gasteiger partial charge on any atom is 0.242 e. The third kappa shape index (κ3) is 3.44. The third-order valence-electron chi connectivity index (χ3n) is 2.71. The standard InChI is InChI=1S/C12H17N3O2S3/c1-8-6-19-11(5-13-3)12(8)20(16,17)14-4-10-7-18-9(2)15-10/h6-7,13-14H,4-5H2,1-3H3. The molecule has 2 heterocycles. The lowest BCUT2D eigenvalue weighted by atomic mass is 10.3. The minimum Gasteiger partial charge on any atom is -0.315 e. The second kappa shape index (κ2) is 6.31. The number of thiophene rings is 1. The van der Waals surface area contributed by atoms with Gasteiger partial charge < -0.3 is 5.32 Å². The van der Waals surface area contributed by atoms with E-state index >= 15 is 0 Å². The Labute approximate surface area is 127 Å². The number of rotatable bonds is 6. The lowest BCUT2D eigenvalue weighted by Gasteiger charge is -2.08. The van der Waals surface area contributed by atoms with E-state index in [1.54, 1.807) is 7.05 Å². The molecule has 0 spiro atoms. The first kappa shape index (κ1) is 15.6. The van der Waals surface area contributed by atoms with Gasteiger partial charge in [-0.2, -0.15) is 0 Å². The van der Waals surface area contributed by atoms with E-state index in [-0.39, 0.29) is 6.54 Å². The zero-order chi connectivity index (χ0) is 14.8. The maximum atomic E-state index is 12.4. The highest BCUT2D eigenvalue weighted by Gasteiger charge is 2.22. The van der Waals surface area contributed by atoms with Crippen molar-refractivity contribution in [3.8, 4) is 0 Å². The molecule has 0 saturated heterocycles. The summed E-state index contributed by atoms with van der Waals surface area (Å²) in [5, 5.41) is 7.66. The summed E-state index contributed by atoms with van der Waals surface area (Å²) in [6.07, 6.45) is 0. The van der Waals surface area contributed by atoms with E-state index in [4.69, 9.17) is 0 Å². The molecule has 0 unspecified atom stereocenters. The van der Waals surface area contributed by atoms with Gasteiger partial charge in [-0.05, 0) is 31.8 Å². The van der Waals surface area contributed by atoms with Crippen molar-refractivity contribution in [1.29, 1.82) is 0 Å². The molecule has 20 heavy (non-hydrogen) atoms. The molecule has 8 heteroatoms. The predicted octanol–water partition coefficient (Wildman–Crippen LogP) is 2.02. The average Bonchev–Trinajstić information content (AvgIpc) is 2.95. The molecule has 2 aromatic heterocycles. The normalized spacial score (nSPS) is 11.9. The third-order valence-corrected chi connectivity index (χ3v) is 6.39. The highest BCUT2D eigenvalue weighted by molar-refractivity contribution is 7.89. The van der Waals surface area contributed by atoms with E-state index in [9.17, 15) is 8.42 Å². The second-order valence-electron chi connectivity index (χ2n) is 4.38. The molecule has 2 aromatic rings. The van der Waals surface area contributed by atoms with Crippen LogP contribution in [0.15, 0.2) is 15.7 Å². The van der Waals surface area contributed by atoms with E-state index in [1.165, 1.54) is 22.7 Å². The van der Waals surface area contributed by atoms with Gasteiger partial charge in [0.15, 0.2) is 0 Å². The van der Waals surface area contributed by atoms with Crippen LogP contribution in [0, 0.1) is 13.8 Å². The summed E-state index contributed by atoms with van der Waals surface area (Å²) in [4.78, 5) is 5.48. The molecular weight excluding hydrogens is 314 g/mol. The minimum absolute atomic E-state index is 0.223. The van der Waals surface area contributed by atoms with Crippen molar-refractivity contribution in [2.24, 2.45) is 0 Å². The monoisotopic (exact) mass is 331 g/mol. The average molecular weight is 331 g/mol. The number of hydrogen-bond acceptors (Lipinski definition) is 6. The van der Waals surface area contributed by atoms with E-state index in [1.807, 2.05) is 24.6 Å². The molecule has 0 aliphatic heterocycles. The first-order valence-electron chi connectivity index (χ1n) is 6.06. The van der Waals surface area contributed by atoms with Crippen molar-refractivity contribution in [3.05, 3.63) is 31.9 Å². The van der Waals surface area contributed by atoms with E-state index in [2.05, 4.69) is 15.0 Å². The molecule has 2 N–H and O–H groups in total. The molecule has 0 amide bonds. The molecule has 110 valence electrons. The van der Waals surface area contributed by atoms with Gasteiger partial charge in [0.2, 0.25) is 10.0 Å². The summed E-state index contributed by atoms with van der Waals surface area (Å²) in [5.41, 5.74) is 1.53. The van der Waals surface area contributed by atoms with Crippen molar-refractivity contribution in [2.45, 2.75) is 31.8 Å². The first-order chi connectivity index (χ1) is 9.44. The summed E-state index contributed by atoms with van der Waals surface area (Å²) in [6, 6.07) is 0. The Kier molecular flexibility index (Phi) is 4.92. The van der Waals surface area contributed by atoms with Crippen LogP contribution < -0.4 is 10.0 Å². The first-order valence-corrected chi connectivity index (χ1v) is 9.30. The highest BCUT2D eigenvalue weighted by Crippen LogP contribution is 2.26. The van der Waals surface area contributed by atoms with Crippen LogP contribution >= 0.6 is 22.7 Å². The number of hydrogen-bond donors (Lipinski definition) is 2.